The maximum atomic E-state index is 14.2. The van der Waals surface area contributed by atoms with Gasteiger partial charge in [0.15, 0.2) is 0 Å². The van der Waals surface area contributed by atoms with Crippen molar-refractivity contribution in [1.82, 2.24) is 16.0 Å². The highest BCUT2D eigenvalue weighted by Gasteiger charge is 2.45. The molecule has 0 aromatic rings. The summed E-state index contributed by atoms with van der Waals surface area (Å²) in [5.41, 5.74) is 0. The van der Waals surface area contributed by atoms with Crippen LogP contribution in [0.25, 0.3) is 0 Å². The molecule has 106 valence electrons. The van der Waals surface area contributed by atoms with E-state index in [1.54, 1.807) is 5.32 Å². The number of hydrogen-bond acceptors (Lipinski definition) is 5. The summed E-state index contributed by atoms with van der Waals surface area (Å²) in [6.45, 7) is 0. The van der Waals surface area contributed by atoms with Crippen LogP contribution in [-0.2, 0) is 9.59 Å². The van der Waals surface area contributed by atoms with Crippen molar-refractivity contribution in [3.05, 3.63) is 0 Å². The summed E-state index contributed by atoms with van der Waals surface area (Å²) in [5, 5.41) is 5.87. The Morgan fingerprint density at radius 3 is 2.00 bits per heavy atom. The van der Waals surface area contributed by atoms with Crippen LogP contribution in [0.15, 0.2) is 0 Å². The molecular weight excluding hydrogens is 284 g/mol. The largest absolute Gasteiger partial charge is 0.355 e. The molecule has 0 saturated heterocycles. The fourth-order valence-electron chi connectivity index (χ4n) is 1.13. The van der Waals surface area contributed by atoms with E-state index < -0.39 is 29.2 Å². The van der Waals surface area contributed by atoms with Crippen molar-refractivity contribution in [3.63, 3.8) is 0 Å². The minimum Gasteiger partial charge on any atom is -0.355 e. The lowest BCUT2D eigenvalue weighted by molar-refractivity contribution is -0.146. The van der Waals surface area contributed by atoms with Crippen LogP contribution in [0.4, 0.5) is 8.78 Å². The van der Waals surface area contributed by atoms with Crippen LogP contribution in [0.2, 0.25) is 0 Å². The SMILES string of the molecule is CNC(=O)C(F)(CCS)NC(=O)[C@@](F)(CS)NC. The number of alkyl halides is 2. The number of amides is 2. The van der Waals surface area contributed by atoms with Crippen molar-refractivity contribution in [2.45, 2.75) is 18.0 Å². The Kier molecular flexibility index (Phi) is 6.93. The number of carbonyl (C=O) groups excluding carboxylic acids is 2. The number of likely N-dealkylation sites (N-methyl/N-ethyl adjacent to an activating group) is 2. The summed E-state index contributed by atoms with van der Waals surface area (Å²) >= 11 is 7.45. The van der Waals surface area contributed by atoms with E-state index in [2.05, 4.69) is 35.9 Å². The van der Waals surface area contributed by atoms with E-state index in [1.165, 1.54) is 14.1 Å². The topological polar surface area (TPSA) is 70.2 Å². The van der Waals surface area contributed by atoms with Gasteiger partial charge < -0.3 is 10.6 Å². The Morgan fingerprint density at radius 2 is 1.67 bits per heavy atom. The maximum absolute atomic E-state index is 14.2. The number of thiol groups is 2. The first-order valence-electron chi connectivity index (χ1n) is 5.13. The summed E-state index contributed by atoms with van der Waals surface area (Å²) in [5.74, 6) is -8.12. The summed E-state index contributed by atoms with van der Waals surface area (Å²) in [7, 11) is 2.40. The second-order valence-corrected chi connectivity index (χ2v) is 4.28. The first kappa shape index (κ1) is 17.5. The van der Waals surface area contributed by atoms with Gasteiger partial charge in [-0.1, -0.05) is 0 Å². The number of rotatable bonds is 7. The summed E-state index contributed by atoms with van der Waals surface area (Å²) in [6.07, 6.45) is -0.381. The zero-order chi connectivity index (χ0) is 14.4. The molecule has 0 bridgehead atoms. The van der Waals surface area contributed by atoms with Crippen molar-refractivity contribution in [2.75, 3.05) is 25.6 Å². The predicted molar refractivity (Wildman–Crippen MR) is 71.3 cm³/mol. The van der Waals surface area contributed by atoms with Crippen LogP contribution in [0.1, 0.15) is 6.42 Å². The molecule has 0 saturated carbocycles. The molecule has 0 fully saturated rings. The highest BCUT2D eigenvalue weighted by molar-refractivity contribution is 7.80. The molecule has 0 heterocycles. The van der Waals surface area contributed by atoms with E-state index >= 15 is 0 Å². The van der Waals surface area contributed by atoms with Gasteiger partial charge in [0.05, 0.1) is 0 Å². The van der Waals surface area contributed by atoms with Crippen molar-refractivity contribution >= 4 is 37.1 Å². The predicted octanol–water partition coefficient (Wildman–Crippen LogP) is -0.351. The van der Waals surface area contributed by atoms with Gasteiger partial charge in [0.2, 0.25) is 5.79 Å². The van der Waals surface area contributed by atoms with Gasteiger partial charge in [-0.25, -0.2) is 8.78 Å². The Balaban J connectivity index is 5.00. The van der Waals surface area contributed by atoms with Crippen molar-refractivity contribution in [3.8, 4) is 0 Å². The van der Waals surface area contributed by atoms with Crippen molar-refractivity contribution in [2.24, 2.45) is 0 Å². The third kappa shape index (κ3) is 3.99. The molecule has 0 aliphatic rings. The van der Waals surface area contributed by atoms with Gasteiger partial charge in [0.25, 0.3) is 17.6 Å². The molecule has 0 radical (unpaired) electrons. The molecule has 18 heavy (non-hydrogen) atoms. The van der Waals surface area contributed by atoms with Gasteiger partial charge in [0.1, 0.15) is 0 Å². The Bertz CT molecular complexity index is 316. The van der Waals surface area contributed by atoms with Gasteiger partial charge in [-0.05, 0) is 12.8 Å². The first-order valence-corrected chi connectivity index (χ1v) is 6.39. The molecule has 2 atom stereocenters. The van der Waals surface area contributed by atoms with Gasteiger partial charge in [-0.2, -0.15) is 25.3 Å². The smallest absolute Gasteiger partial charge is 0.278 e. The summed E-state index contributed by atoms with van der Waals surface area (Å²) < 4.78 is 28.1. The first-order chi connectivity index (χ1) is 8.29. The van der Waals surface area contributed by atoms with E-state index in [9.17, 15) is 18.4 Å². The van der Waals surface area contributed by atoms with Crippen LogP contribution < -0.4 is 16.0 Å². The minimum atomic E-state index is -2.70. The molecular formula is C9H17F2N3O2S2. The second kappa shape index (κ2) is 7.15. The standard InChI is InChI=1S/C9H17F2N3O2S2/c1-12-6(15)8(10,3-4-17)14-7(16)9(11,5-18)13-2/h13,17-18H,3-5H2,1-2H3,(H,12,15)(H,14,16)/t8?,9-/m1/s1. The lowest BCUT2D eigenvalue weighted by Crippen LogP contribution is -2.63. The summed E-state index contributed by atoms with van der Waals surface area (Å²) in [4.78, 5) is 23.0. The Hall–Kier alpha value is -0.540. The molecule has 0 aromatic carbocycles. The van der Waals surface area contributed by atoms with Crippen molar-refractivity contribution < 1.29 is 18.4 Å². The number of halogens is 2. The highest BCUT2D eigenvalue weighted by Crippen LogP contribution is 2.17. The molecule has 0 rings (SSSR count). The molecule has 3 N–H and O–H groups in total. The minimum absolute atomic E-state index is 0.00388. The Labute approximate surface area is 115 Å². The average Bonchev–Trinajstić information content (AvgIpc) is 2.36. The Morgan fingerprint density at radius 1 is 1.11 bits per heavy atom. The van der Waals surface area contributed by atoms with E-state index in [0.29, 0.717) is 0 Å². The zero-order valence-electron chi connectivity index (χ0n) is 10.1. The molecule has 2 amide bonds. The number of nitrogens with one attached hydrogen (secondary N) is 3. The van der Waals surface area contributed by atoms with Gasteiger partial charge in [0, 0.05) is 19.2 Å². The number of carbonyl (C=O) groups is 2. The normalized spacial score (nSPS) is 17.4. The maximum Gasteiger partial charge on any atom is 0.278 e. The summed E-state index contributed by atoms with van der Waals surface area (Å²) in [6, 6.07) is 0. The zero-order valence-corrected chi connectivity index (χ0v) is 11.9. The molecule has 0 spiro atoms. The van der Waals surface area contributed by atoms with E-state index in [4.69, 9.17) is 0 Å². The van der Waals surface area contributed by atoms with Crippen LogP contribution in [-0.4, -0.2) is 49.0 Å². The van der Waals surface area contributed by atoms with E-state index in [-0.39, 0.29) is 12.2 Å². The fraction of sp³-hybridized carbons (Fsp3) is 0.778. The second-order valence-electron chi connectivity index (χ2n) is 3.52. The van der Waals surface area contributed by atoms with Crippen LogP contribution >= 0.6 is 25.3 Å². The fourth-order valence-corrected chi connectivity index (χ4v) is 1.74. The molecule has 5 nitrogen and oxygen atoms in total. The van der Waals surface area contributed by atoms with Gasteiger partial charge in [-0.15, -0.1) is 0 Å². The van der Waals surface area contributed by atoms with Crippen LogP contribution in [0.3, 0.4) is 0 Å². The van der Waals surface area contributed by atoms with Crippen molar-refractivity contribution in [1.29, 1.82) is 0 Å². The lowest BCUT2D eigenvalue weighted by atomic mass is 10.1. The molecule has 1 unspecified atom stereocenters. The molecule has 0 aliphatic carbocycles. The number of hydrogen-bond donors (Lipinski definition) is 5. The van der Waals surface area contributed by atoms with E-state index in [0.717, 1.165) is 0 Å². The molecule has 9 heteroatoms. The molecule has 0 aromatic heterocycles. The third-order valence-corrected chi connectivity index (χ3v) is 2.99. The third-order valence-electron chi connectivity index (χ3n) is 2.33. The monoisotopic (exact) mass is 301 g/mol. The highest BCUT2D eigenvalue weighted by atomic mass is 32.1. The lowest BCUT2D eigenvalue weighted by Gasteiger charge is -2.29. The molecule has 0 aliphatic heterocycles. The average molecular weight is 301 g/mol. The van der Waals surface area contributed by atoms with Gasteiger partial charge in [-0.3, -0.25) is 14.9 Å². The van der Waals surface area contributed by atoms with Crippen LogP contribution in [0, 0.1) is 0 Å². The quantitative estimate of drug-likeness (QED) is 0.330. The van der Waals surface area contributed by atoms with E-state index in [1.807, 2.05) is 0 Å². The van der Waals surface area contributed by atoms with Gasteiger partial charge >= 0.3 is 0 Å². The van der Waals surface area contributed by atoms with Crippen LogP contribution in [0.5, 0.6) is 0 Å².